The highest BCUT2D eigenvalue weighted by Crippen LogP contribution is 2.17. The third-order valence-electron chi connectivity index (χ3n) is 2.45. The predicted octanol–water partition coefficient (Wildman–Crippen LogP) is 3.52. The van der Waals surface area contributed by atoms with Crippen LogP contribution in [-0.2, 0) is 0 Å². The van der Waals surface area contributed by atoms with Crippen LogP contribution >= 0.6 is 0 Å². The largest absolute Gasteiger partial charge is 0.385 e. The summed E-state index contributed by atoms with van der Waals surface area (Å²) < 4.78 is 0. The van der Waals surface area contributed by atoms with Crippen LogP contribution in [0.25, 0.3) is 0 Å². The van der Waals surface area contributed by atoms with Gasteiger partial charge in [-0.25, -0.2) is 0 Å². The van der Waals surface area contributed by atoms with Gasteiger partial charge in [0.25, 0.3) is 0 Å². The lowest BCUT2D eigenvalue weighted by Crippen LogP contribution is -2.02. The van der Waals surface area contributed by atoms with Crippen molar-refractivity contribution < 1.29 is 0 Å². The zero-order chi connectivity index (χ0) is 9.68. The van der Waals surface area contributed by atoms with E-state index in [4.69, 9.17) is 0 Å². The average Bonchev–Trinajstić information content (AvgIpc) is 2.13. The molecule has 0 saturated carbocycles. The second-order valence-corrected chi connectivity index (χ2v) is 3.53. The molecule has 1 nitrogen and oxygen atoms in total. The van der Waals surface area contributed by atoms with Gasteiger partial charge in [0, 0.05) is 12.2 Å². The van der Waals surface area contributed by atoms with Crippen molar-refractivity contribution in [3.63, 3.8) is 0 Å². The molecule has 0 bridgehead atoms. The summed E-state index contributed by atoms with van der Waals surface area (Å²) in [4.78, 5) is 0. The van der Waals surface area contributed by atoms with Gasteiger partial charge in [-0.05, 0) is 37.5 Å². The van der Waals surface area contributed by atoms with Crippen LogP contribution < -0.4 is 5.32 Å². The maximum absolute atomic E-state index is 3.45. The quantitative estimate of drug-likeness (QED) is 0.694. The molecule has 0 amide bonds. The summed E-state index contributed by atoms with van der Waals surface area (Å²) >= 11 is 0. The van der Waals surface area contributed by atoms with E-state index in [1.54, 1.807) is 0 Å². The zero-order valence-corrected chi connectivity index (χ0v) is 8.85. The topological polar surface area (TPSA) is 12.0 Å². The van der Waals surface area contributed by atoms with Crippen molar-refractivity contribution in [2.24, 2.45) is 0 Å². The molecule has 1 aromatic rings. The summed E-state index contributed by atoms with van der Waals surface area (Å²) in [6, 6.07) is 6.41. The number of rotatable bonds is 4. The molecule has 0 radical (unpaired) electrons. The minimum Gasteiger partial charge on any atom is -0.385 e. The minimum atomic E-state index is 1.08. The molecule has 13 heavy (non-hydrogen) atoms. The van der Waals surface area contributed by atoms with Crippen molar-refractivity contribution in [3.8, 4) is 0 Å². The summed E-state index contributed by atoms with van der Waals surface area (Å²) in [6.07, 6.45) is 2.49. The van der Waals surface area contributed by atoms with Gasteiger partial charge in [0.1, 0.15) is 0 Å². The predicted molar refractivity (Wildman–Crippen MR) is 59.3 cm³/mol. The van der Waals surface area contributed by atoms with Crippen molar-refractivity contribution in [1.82, 2.24) is 0 Å². The molecule has 0 atom stereocenters. The monoisotopic (exact) mass is 177 g/mol. The van der Waals surface area contributed by atoms with Crippen molar-refractivity contribution in [2.45, 2.75) is 33.6 Å². The summed E-state index contributed by atoms with van der Waals surface area (Å²) in [6.45, 7) is 7.62. The molecule has 1 rings (SSSR count). The van der Waals surface area contributed by atoms with E-state index in [-0.39, 0.29) is 0 Å². The third-order valence-corrected chi connectivity index (χ3v) is 2.45. The maximum atomic E-state index is 3.45. The molecule has 0 heterocycles. The molecule has 1 aromatic carbocycles. The van der Waals surface area contributed by atoms with Crippen LogP contribution in [0.4, 0.5) is 5.69 Å². The van der Waals surface area contributed by atoms with Crippen LogP contribution in [0.1, 0.15) is 30.9 Å². The van der Waals surface area contributed by atoms with E-state index in [1.165, 1.54) is 29.7 Å². The highest BCUT2D eigenvalue weighted by molar-refractivity contribution is 5.53. The van der Waals surface area contributed by atoms with Crippen LogP contribution in [-0.4, -0.2) is 6.54 Å². The highest BCUT2D eigenvalue weighted by atomic mass is 14.9. The number of hydrogen-bond acceptors (Lipinski definition) is 1. The normalized spacial score (nSPS) is 10.1. The minimum absolute atomic E-state index is 1.08. The number of unbranched alkanes of at least 4 members (excludes halogenated alkanes) is 1. The lowest BCUT2D eigenvalue weighted by atomic mass is 10.1. The fourth-order valence-corrected chi connectivity index (χ4v) is 1.34. The van der Waals surface area contributed by atoms with E-state index >= 15 is 0 Å². The highest BCUT2D eigenvalue weighted by Gasteiger charge is 1.98. The van der Waals surface area contributed by atoms with Gasteiger partial charge >= 0.3 is 0 Å². The van der Waals surface area contributed by atoms with Crippen LogP contribution in [0.3, 0.4) is 0 Å². The van der Waals surface area contributed by atoms with Gasteiger partial charge in [-0.2, -0.15) is 0 Å². The van der Waals surface area contributed by atoms with Gasteiger partial charge in [0.15, 0.2) is 0 Å². The first-order valence-electron chi connectivity index (χ1n) is 5.05. The summed E-state index contributed by atoms with van der Waals surface area (Å²) in [7, 11) is 0. The van der Waals surface area contributed by atoms with Gasteiger partial charge < -0.3 is 5.32 Å². The smallest absolute Gasteiger partial charge is 0.0372 e. The van der Waals surface area contributed by atoms with Crippen LogP contribution in [0, 0.1) is 13.8 Å². The van der Waals surface area contributed by atoms with E-state index in [1.807, 2.05) is 0 Å². The molecule has 72 valence electrons. The maximum Gasteiger partial charge on any atom is 0.0372 e. The number of aryl methyl sites for hydroxylation is 1. The van der Waals surface area contributed by atoms with Crippen molar-refractivity contribution in [3.05, 3.63) is 29.3 Å². The van der Waals surface area contributed by atoms with Crippen LogP contribution in [0.5, 0.6) is 0 Å². The summed E-state index contributed by atoms with van der Waals surface area (Å²) in [5.74, 6) is 0. The molecule has 0 aromatic heterocycles. The molecule has 0 spiro atoms. The van der Waals surface area contributed by atoms with E-state index in [2.05, 4.69) is 44.3 Å². The molecule has 0 fully saturated rings. The first-order chi connectivity index (χ1) is 6.25. The molecule has 0 aliphatic carbocycles. The SMILES string of the molecule is CCCCNc1cccc(C)c1C. The Morgan fingerprint density at radius 3 is 2.69 bits per heavy atom. The fourth-order valence-electron chi connectivity index (χ4n) is 1.34. The Morgan fingerprint density at radius 1 is 1.23 bits per heavy atom. The van der Waals surface area contributed by atoms with Crippen molar-refractivity contribution >= 4 is 5.69 Å². The molecule has 1 heteroatoms. The Labute approximate surface area is 81.2 Å². The number of benzene rings is 1. The molecule has 0 aliphatic rings. The number of hydrogen-bond donors (Lipinski definition) is 1. The Hall–Kier alpha value is -0.980. The fraction of sp³-hybridized carbons (Fsp3) is 0.500. The Morgan fingerprint density at radius 2 is 2.00 bits per heavy atom. The Kier molecular flexibility index (Phi) is 3.81. The summed E-state index contributed by atoms with van der Waals surface area (Å²) in [5.41, 5.74) is 4.02. The Balaban J connectivity index is 2.61. The second-order valence-electron chi connectivity index (χ2n) is 3.53. The lowest BCUT2D eigenvalue weighted by Gasteiger charge is -2.10. The first-order valence-corrected chi connectivity index (χ1v) is 5.05. The average molecular weight is 177 g/mol. The van der Waals surface area contributed by atoms with Gasteiger partial charge in [0.2, 0.25) is 0 Å². The molecule has 1 N–H and O–H groups in total. The van der Waals surface area contributed by atoms with Crippen molar-refractivity contribution in [2.75, 3.05) is 11.9 Å². The lowest BCUT2D eigenvalue weighted by molar-refractivity contribution is 0.833. The van der Waals surface area contributed by atoms with E-state index < -0.39 is 0 Å². The number of nitrogens with one attached hydrogen (secondary N) is 1. The second kappa shape index (κ2) is 4.90. The van der Waals surface area contributed by atoms with Crippen molar-refractivity contribution in [1.29, 1.82) is 0 Å². The molecule has 0 aliphatic heterocycles. The zero-order valence-electron chi connectivity index (χ0n) is 8.85. The van der Waals surface area contributed by atoms with Gasteiger partial charge in [0.05, 0.1) is 0 Å². The van der Waals surface area contributed by atoms with Crippen LogP contribution in [0.2, 0.25) is 0 Å². The van der Waals surface area contributed by atoms with Gasteiger partial charge in [-0.15, -0.1) is 0 Å². The molecule has 0 unspecified atom stereocenters. The van der Waals surface area contributed by atoms with Crippen LogP contribution in [0.15, 0.2) is 18.2 Å². The first kappa shape index (κ1) is 10.1. The Bertz CT molecular complexity index is 266. The standard InChI is InChI=1S/C12H19N/c1-4-5-9-13-12-8-6-7-10(2)11(12)3/h6-8,13H,4-5,9H2,1-3H3. The number of anilines is 1. The molecular weight excluding hydrogens is 158 g/mol. The van der Waals surface area contributed by atoms with E-state index in [0.29, 0.717) is 0 Å². The summed E-state index contributed by atoms with van der Waals surface area (Å²) in [5, 5.41) is 3.45. The van der Waals surface area contributed by atoms with Gasteiger partial charge in [-0.1, -0.05) is 25.5 Å². The van der Waals surface area contributed by atoms with E-state index in [0.717, 1.165) is 6.54 Å². The van der Waals surface area contributed by atoms with Gasteiger partial charge in [-0.3, -0.25) is 0 Å². The van der Waals surface area contributed by atoms with E-state index in [9.17, 15) is 0 Å². The third kappa shape index (κ3) is 2.76. The molecule has 0 saturated heterocycles. The molecular formula is C12H19N.